The second-order valence-corrected chi connectivity index (χ2v) is 5.80. The van der Waals surface area contributed by atoms with E-state index in [4.69, 9.17) is 10.0 Å². The summed E-state index contributed by atoms with van der Waals surface area (Å²) in [5, 5.41) is 19.5. The summed E-state index contributed by atoms with van der Waals surface area (Å²) >= 11 is 0. The molecule has 0 spiro atoms. The van der Waals surface area contributed by atoms with E-state index in [-0.39, 0.29) is 18.1 Å². The summed E-state index contributed by atoms with van der Waals surface area (Å²) in [6.07, 6.45) is 2.09. The van der Waals surface area contributed by atoms with Crippen molar-refractivity contribution in [3.8, 4) is 22.9 Å². The zero-order valence-corrected chi connectivity index (χ0v) is 14.7. The number of aliphatic hydroxyl groups is 1. The lowest BCUT2D eigenvalue weighted by atomic mass is 10.2. The standard InChI is InChI=1S/C19H16F2N6O2/c20-13-4-2-1-3-12(13)11-27-17(15-5-8-29-26-15)9-16(25-27)19-23-10-14(21)18(24-19)22-6-7-28/h1-5,8-10,28H,6-7,11H2,(H,22,23,24)/i6D2,7D2. The van der Waals surface area contributed by atoms with Crippen molar-refractivity contribution < 1.29 is 23.9 Å². The second-order valence-electron chi connectivity index (χ2n) is 5.80. The van der Waals surface area contributed by atoms with Crippen LogP contribution in [0.5, 0.6) is 0 Å². The van der Waals surface area contributed by atoms with Gasteiger partial charge in [0.2, 0.25) is 0 Å². The van der Waals surface area contributed by atoms with Crippen LogP contribution in [-0.4, -0.2) is 43.1 Å². The average Bonchev–Trinajstić information content (AvgIpc) is 3.40. The molecule has 0 saturated carbocycles. The first-order chi connectivity index (χ1) is 15.5. The number of benzene rings is 1. The highest BCUT2D eigenvalue weighted by molar-refractivity contribution is 5.63. The molecule has 0 atom stereocenters. The number of hydrogen-bond acceptors (Lipinski definition) is 7. The Labute approximate surface area is 169 Å². The van der Waals surface area contributed by atoms with Gasteiger partial charge in [0.05, 0.1) is 30.5 Å². The normalized spacial score (nSPS) is 14.0. The first-order valence-electron chi connectivity index (χ1n) is 10.3. The van der Waals surface area contributed by atoms with Gasteiger partial charge in [-0.25, -0.2) is 18.7 Å². The molecule has 0 fully saturated rings. The van der Waals surface area contributed by atoms with Gasteiger partial charge in [0, 0.05) is 18.1 Å². The van der Waals surface area contributed by atoms with E-state index in [9.17, 15) is 13.9 Å². The number of hydrogen-bond donors (Lipinski definition) is 2. The fourth-order valence-electron chi connectivity index (χ4n) is 2.65. The van der Waals surface area contributed by atoms with Crippen LogP contribution in [0.3, 0.4) is 0 Å². The van der Waals surface area contributed by atoms with Gasteiger partial charge in [-0.3, -0.25) is 4.68 Å². The first kappa shape index (κ1) is 14.4. The maximum Gasteiger partial charge on any atom is 0.183 e. The predicted molar refractivity (Wildman–Crippen MR) is 99.8 cm³/mol. The summed E-state index contributed by atoms with van der Waals surface area (Å²) in [4.78, 5) is 7.76. The molecule has 8 nitrogen and oxygen atoms in total. The lowest BCUT2D eigenvalue weighted by molar-refractivity contribution is 0.310. The van der Waals surface area contributed by atoms with Crippen molar-refractivity contribution in [3.05, 3.63) is 66.1 Å². The van der Waals surface area contributed by atoms with Gasteiger partial charge in [-0.05, 0) is 12.1 Å². The molecule has 148 valence electrons. The van der Waals surface area contributed by atoms with Crippen molar-refractivity contribution in [2.24, 2.45) is 0 Å². The number of nitrogens with zero attached hydrogens (tertiary/aromatic N) is 5. The fourth-order valence-corrected chi connectivity index (χ4v) is 2.65. The van der Waals surface area contributed by atoms with E-state index in [0.29, 0.717) is 17.0 Å². The molecule has 0 aliphatic rings. The zero-order valence-electron chi connectivity index (χ0n) is 18.7. The smallest absolute Gasteiger partial charge is 0.183 e. The van der Waals surface area contributed by atoms with Gasteiger partial charge in [0.25, 0.3) is 0 Å². The maximum atomic E-state index is 14.2. The van der Waals surface area contributed by atoms with Gasteiger partial charge in [-0.2, -0.15) is 5.10 Å². The first-order valence-corrected chi connectivity index (χ1v) is 8.30. The third-order valence-corrected chi connectivity index (χ3v) is 3.97. The number of anilines is 1. The molecule has 3 heterocycles. The molecule has 0 aliphatic heterocycles. The minimum Gasteiger partial charge on any atom is -0.395 e. The Morgan fingerprint density at radius 3 is 2.79 bits per heavy atom. The number of nitrogens with one attached hydrogen (secondary N) is 1. The molecule has 3 aromatic heterocycles. The topological polar surface area (TPSA) is 102 Å². The monoisotopic (exact) mass is 402 g/mol. The van der Waals surface area contributed by atoms with Crippen molar-refractivity contribution in [1.82, 2.24) is 24.9 Å². The highest BCUT2D eigenvalue weighted by Crippen LogP contribution is 2.25. The Morgan fingerprint density at radius 2 is 2.03 bits per heavy atom. The fraction of sp³-hybridized carbons (Fsp3) is 0.158. The molecule has 4 aromatic rings. The Morgan fingerprint density at radius 1 is 1.17 bits per heavy atom. The summed E-state index contributed by atoms with van der Waals surface area (Å²) in [5.41, 5.74) is 1.28. The Balaban J connectivity index is 1.75. The number of halogens is 2. The van der Waals surface area contributed by atoms with E-state index in [1.165, 1.54) is 23.1 Å². The quantitative estimate of drug-likeness (QED) is 0.490. The Bertz CT molecular complexity index is 1280. The van der Waals surface area contributed by atoms with E-state index < -0.39 is 30.5 Å². The maximum absolute atomic E-state index is 14.2. The minimum atomic E-state index is -3.33. The van der Waals surface area contributed by atoms with Crippen LogP contribution in [0.1, 0.15) is 11.0 Å². The van der Waals surface area contributed by atoms with Crippen LogP contribution in [0, 0.1) is 11.6 Å². The molecule has 0 amide bonds. The van der Waals surface area contributed by atoms with Crippen molar-refractivity contribution in [2.75, 3.05) is 18.4 Å². The Hall–Kier alpha value is -3.66. The third-order valence-electron chi connectivity index (χ3n) is 3.97. The summed E-state index contributed by atoms with van der Waals surface area (Å²) in [6.45, 7) is -6.37. The van der Waals surface area contributed by atoms with Crippen LogP contribution in [-0.2, 0) is 6.54 Å². The molecule has 0 radical (unpaired) electrons. The zero-order chi connectivity index (χ0) is 23.8. The van der Waals surface area contributed by atoms with Crippen LogP contribution < -0.4 is 5.32 Å². The molecular weight excluding hydrogens is 382 g/mol. The van der Waals surface area contributed by atoms with Gasteiger partial charge in [-0.1, -0.05) is 23.4 Å². The predicted octanol–water partition coefficient (Wildman–Crippen LogP) is 2.73. The van der Waals surface area contributed by atoms with Gasteiger partial charge in [0.1, 0.15) is 23.5 Å². The van der Waals surface area contributed by atoms with Gasteiger partial charge < -0.3 is 14.9 Å². The van der Waals surface area contributed by atoms with E-state index in [2.05, 4.69) is 20.2 Å². The lowest BCUT2D eigenvalue weighted by Crippen LogP contribution is -2.10. The second kappa shape index (κ2) is 8.15. The van der Waals surface area contributed by atoms with Crippen molar-refractivity contribution in [2.45, 2.75) is 6.54 Å². The van der Waals surface area contributed by atoms with Gasteiger partial charge in [0.15, 0.2) is 17.5 Å². The average molecular weight is 402 g/mol. The van der Waals surface area contributed by atoms with Crippen molar-refractivity contribution in [3.63, 3.8) is 0 Å². The highest BCUT2D eigenvalue weighted by atomic mass is 19.1. The van der Waals surface area contributed by atoms with E-state index in [1.807, 2.05) is 5.32 Å². The van der Waals surface area contributed by atoms with E-state index >= 15 is 0 Å². The number of rotatable bonds is 7. The van der Waals surface area contributed by atoms with Crippen LogP contribution in [0.2, 0.25) is 0 Å². The lowest BCUT2D eigenvalue weighted by Gasteiger charge is -2.07. The van der Waals surface area contributed by atoms with Crippen LogP contribution >= 0.6 is 0 Å². The summed E-state index contributed by atoms with van der Waals surface area (Å²) in [7, 11) is 0. The highest BCUT2D eigenvalue weighted by Gasteiger charge is 2.18. The molecule has 2 N–H and O–H groups in total. The van der Waals surface area contributed by atoms with Gasteiger partial charge >= 0.3 is 0 Å². The van der Waals surface area contributed by atoms with Crippen LogP contribution in [0.25, 0.3) is 22.9 Å². The largest absolute Gasteiger partial charge is 0.395 e. The van der Waals surface area contributed by atoms with Crippen LogP contribution in [0.4, 0.5) is 14.6 Å². The number of aromatic nitrogens is 5. The van der Waals surface area contributed by atoms with Crippen molar-refractivity contribution in [1.29, 1.82) is 0 Å². The summed E-state index contributed by atoms with van der Waals surface area (Å²) in [5.74, 6) is -2.33. The minimum absolute atomic E-state index is 0.0223. The van der Waals surface area contributed by atoms with E-state index in [0.717, 1.165) is 6.20 Å². The van der Waals surface area contributed by atoms with Crippen LogP contribution in [0.15, 0.2) is 53.4 Å². The molecule has 0 unspecified atom stereocenters. The molecule has 4 rings (SSSR count). The van der Waals surface area contributed by atoms with Crippen molar-refractivity contribution >= 4 is 5.82 Å². The molecule has 0 saturated heterocycles. The van der Waals surface area contributed by atoms with Gasteiger partial charge in [-0.15, -0.1) is 0 Å². The SMILES string of the molecule is [2H]C([2H])(O)C([2H])([2H])Nc1nc(-c2cc(-c3ccon3)n(Cc3ccccc3F)n2)ncc1F. The molecular formula is C19H16F2N6O2. The third kappa shape index (κ3) is 3.97. The molecule has 0 bridgehead atoms. The molecule has 29 heavy (non-hydrogen) atoms. The summed E-state index contributed by atoms with van der Waals surface area (Å²) < 4.78 is 64.2. The summed E-state index contributed by atoms with van der Waals surface area (Å²) in [6, 6.07) is 9.20. The van der Waals surface area contributed by atoms with E-state index in [1.54, 1.807) is 24.3 Å². The molecule has 0 aliphatic carbocycles. The Kier molecular flexibility index (Phi) is 4.03. The molecule has 10 heteroatoms. The molecule has 1 aromatic carbocycles.